The smallest absolute Gasteiger partial charge is 0.0442 e. The molecule has 122 valence electrons. The molecular weight excluding hydrogens is 260 g/mol. The molecule has 21 heavy (non-hydrogen) atoms. The quantitative estimate of drug-likeness (QED) is 0.341. The zero-order valence-electron chi connectivity index (χ0n) is 14.0. The maximum Gasteiger partial charge on any atom is 0.0442 e. The van der Waals surface area contributed by atoms with Crippen molar-refractivity contribution >= 4 is 5.97 Å². The zero-order chi connectivity index (χ0) is 15.8. The van der Waals surface area contributed by atoms with E-state index in [1.807, 2.05) is 0 Å². The fourth-order valence-electron chi connectivity index (χ4n) is 2.20. The van der Waals surface area contributed by atoms with Crippen LogP contribution in [0.3, 0.4) is 0 Å². The highest BCUT2D eigenvalue weighted by Gasteiger charge is 2.00. The van der Waals surface area contributed by atoms with Crippen molar-refractivity contribution < 1.29 is 9.90 Å². The lowest BCUT2D eigenvalue weighted by Gasteiger charge is -2.10. The summed E-state index contributed by atoms with van der Waals surface area (Å²) < 4.78 is 0. The van der Waals surface area contributed by atoms with Crippen molar-refractivity contribution in [2.75, 3.05) is 0 Å². The second kappa shape index (κ2) is 15.3. The van der Waals surface area contributed by atoms with Crippen molar-refractivity contribution in [3.8, 4) is 0 Å². The molecule has 0 saturated carbocycles. The molecule has 2 heteroatoms. The van der Waals surface area contributed by atoms with Gasteiger partial charge in [0.2, 0.25) is 0 Å². The number of carbonyl (C=O) groups is 1. The zero-order valence-corrected chi connectivity index (χ0v) is 14.0. The van der Waals surface area contributed by atoms with Crippen molar-refractivity contribution in [1.82, 2.24) is 0 Å². The van der Waals surface area contributed by atoms with Gasteiger partial charge < -0.3 is 9.90 Å². The number of carbonyl (C=O) groups excluding carboxylic acids is 1. The average Bonchev–Trinajstić information content (AvgIpc) is 2.47. The van der Waals surface area contributed by atoms with Crippen LogP contribution in [0.5, 0.6) is 0 Å². The first-order valence-corrected chi connectivity index (χ1v) is 8.69. The number of aliphatic carboxylic acids is 1. The maximum absolute atomic E-state index is 10.5. The van der Waals surface area contributed by atoms with Crippen LogP contribution in [0.4, 0.5) is 0 Å². The Kier molecular flexibility index (Phi) is 14.6. The van der Waals surface area contributed by atoms with Crippen LogP contribution in [0, 0.1) is 5.92 Å². The lowest BCUT2D eigenvalue weighted by molar-refractivity contribution is -0.311. The molecule has 0 fully saturated rings. The molecule has 1 unspecified atom stereocenters. The van der Waals surface area contributed by atoms with E-state index in [1.165, 1.54) is 38.5 Å². The fraction of sp³-hybridized carbons (Fsp3) is 0.737. The molecule has 0 aromatic rings. The summed E-state index contributed by atoms with van der Waals surface area (Å²) in [7, 11) is 0. The van der Waals surface area contributed by atoms with Gasteiger partial charge in [0.05, 0.1) is 0 Å². The third-order valence-corrected chi connectivity index (χ3v) is 3.74. The van der Waals surface area contributed by atoms with Gasteiger partial charge in [-0.1, -0.05) is 70.3 Å². The number of hydrogen-bond acceptors (Lipinski definition) is 2. The first-order chi connectivity index (χ1) is 10.2. The van der Waals surface area contributed by atoms with Crippen LogP contribution in [-0.2, 0) is 4.79 Å². The van der Waals surface area contributed by atoms with E-state index < -0.39 is 5.97 Å². The summed E-state index contributed by atoms with van der Waals surface area (Å²) in [6, 6.07) is 0. The van der Waals surface area contributed by atoms with Gasteiger partial charge in [0, 0.05) is 5.97 Å². The molecule has 0 aromatic heterocycles. The molecule has 0 aromatic carbocycles. The van der Waals surface area contributed by atoms with Crippen molar-refractivity contribution in [3.05, 3.63) is 24.3 Å². The van der Waals surface area contributed by atoms with Crippen LogP contribution in [0.25, 0.3) is 0 Å². The van der Waals surface area contributed by atoms with Crippen LogP contribution >= 0.6 is 0 Å². The normalized spacial score (nSPS) is 13.2. The van der Waals surface area contributed by atoms with Gasteiger partial charge in [0.25, 0.3) is 0 Å². The van der Waals surface area contributed by atoms with Crippen molar-refractivity contribution in [2.45, 2.75) is 84.5 Å². The molecule has 0 amide bonds. The van der Waals surface area contributed by atoms with Gasteiger partial charge in [0.1, 0.15) is 0 Å². The third-order valence-electron chi connectivity index (χ3n) is 3.74. The molecule has 0 saturated heterocycles. The number of carboxylic acid groups (broad SMARTS) is 1. The summed E-state index contributed by atoms with van der Waals surface area (Å²) in [5.41, 5.74) is 0. The van der Waals surface area contributed by atoms with E-state index >= 15 is 0 Å². The lowest BCUT2D eigenvalue weighted by Crippen LogP contribution is -2.29. The second-order valence-electron chi connectivity index (χ2n) is 5.89. The molecule has 0 spiro atoms. The third kappa shape index (κ3) is 15.2. The summed E-state index contributed by atoms with van der Waals surface area (Å²) in [5.74, 6) is -1.24. The van der Waals surface area contributed by atoms with E-state index in [0.717, 1.165) is 32.1 Å². The van der Waals surface area contributed by atoms with Gasteiger partial charge in [-0.15, -0.1) is 0 Å². The number of hydrogen-bond donors (Lipinski definition) is 0. The Morgan fingerprint density at radius 3 is 2.05 bits per heavy atom. The van der Waals surface area contributed by atoms with Crippen molar-refractivity contribution in [1.29, 1.82) is 0 Å². The summed E-state index contributed by atoms with van der Waals surface area (Å²) in [6.45, 7) is 3.97. The van der Waals surface area contributed by atoms with E-state index in [4.69, 9.17) is 0 Å². The van der Waals surface area contributed by atoms with Crippen LogP contribution in [0.2, 0.25) is 0 Å². The summed E-state index contributed by atoms with van der Waals surface area (Å²) in [4.78, 5) is 10.5. The molecule has 2 nitrogen and oxygen atoms in total. The van der Waals surface area contributed by atoms with E-state index in [1.54, 1.807) is 6.92 Å². The number of carboxylic acids is 1. The van der Waals surface area contributed by atoms with Gasteiger partial charge in [0.15, 0.2) is 0 Å². The highest BCUT2D eigenvalue weighted by Crippen LogP contribution is 2.09. The number of unbranched alkanes of at least 4 members (excludes halogenated alkanes) is 7. The molecule has 0 aliphatic heterocycles. The Hall–Kier alpha value is -1.05. The highest BCUT2D eigenvalue weighted by atomic mass is 16.4. The second-order valence-corrected chi connectivity index (χ2v) is 5.89. The van der Waals surface area contributed by atoms with Crippen LogP contribution in [0.1, 0.15) is 84.5 Å². The monoisotopic (exact) mass is 293 g/mol. The van der Waals surface area contributed by atoms with E-state index in [0.29, 0.717) is 0 Å². The van der Waals surface area contributed by atoms with Gasteiger partial charge in [-0.05, 0) is 44.4 Å². The predicted octanol–water partition coefficient (Wildman–Crippen LogP) is 4.80. The van der Waals surface area contributed by atoms with Gasteiger partial charge in [-0.2, -0.15) is 0 Å². The summed E-state index contributed by atoms with van der Waals surface area (Å²) in [5, 5.41) is 10.5. The summed E-state index contributed by atoms with van der Waals surface area (Å²) in [6.07, 6.45) is 21.7. The Labute approximate surface area is 131 Å². The molecule has 0 radical (unpaired) electrons. The molecule has 0 N–H and O–H groups in total. The fourth-order valence-corrected chi connectivity index (χ4v) is 2.20. The average molecular weight is 293 g/mol. The van der Waals surface area contributed by atoms with E-state index in [-0.39, 0.29) is 5.92 Å². The van der Waals surface area contributed by atoms with E-state index in [2.05, 4.69) is 31.2 Å². The van der Waals surface area contributed by atoms with Crippen molar-refractivity contribution in [3.63, 3.8) is 0 Å². The van der Waals surface area contributed by atoms with Gasteiger partial charge >= 0.3 is 0 Å². The van der Waals surface area contributed by atoms with Crippen LogP contribution in [0.15, 0.2) is 24.3 Å². The molecule has 0 heterocycles. The maximum atomic E-state index is 10.5. The Bertz CT molecular complexity index is 292. The Morgan fingerprint density at radius 1 is 0.905 bits per heavy atom. The molecule has 0 bridgehead atoms. The molecule has 0 aliphatic carbocycles. The minimum Gasteiger partial charge on any atom is -0.550 e. The van der Waals surface area contributed by atoms with Crippen LogP contribution < -0.4 is 5.11 Å². The molecule has 0 rings (SSSR count). The molecule has 0 aliphatic rings. The standard InChI is InChI=1S/C19H34O2/c1-3-4-5-6-7-8-9-10-11-12-13-14-15-16-17-18(2)19(20)21/h9-10,12-13,18H,3-8,11,14-17H2,1-2H3,(H,20,21)/p-1/b10-9+,13-12+. The number of rotatable bonds is 14. The highest BCUT2D eigenvalue weighted by molar-refractivity contribution is 5.66. The molecule has 1 atom stereocenters. The van der Waals surface area contributed by atoms with Gasteiger partial charge in [-0.3, -0.25) is 0 Å². The van der Waals surface area contributed by atoms with Crippen molar-refractivity contribution in [2.24, 2.45) is 5.92 Å². The first kappa shape index (κ1) is 19.9. The largest absolute Gasteiger partial charge is 0.550 e. The summed E-state index contributed by atoms with van der Waals surface area (Å²) >= 11 is 0. The molecular formula is C19H33O2-. The predicted molar refractivity (Wildman–Crippen MR) is 88.9 cm³/mol. The minimum atomic E-state index is -0.926. The first-order valence-electron chi connectivity index (χ1n) is 8.69. The lowest BCUT2D eigenvalue weighted by atomic mass is 10.0. The minimum absolute atomic E-state index is 0.311. The van der Waals surface area contributed by atoms with E-state index in [9.17, 15) is 9.90 Å². The van der Waals surface area contributed by atoms with Gasteiger partial charge in [-0.25, -0.2) is 0 Å². The number of allylic oxidation sites excluding steroid dienone is 4. The topological polar surface area (TPSA) is 40.1 Å². The van der Waals surface area contributed by atoms with Crippen LogP contribution in [-0.4, -0.2) is 5.97 Å². The Balaban J connectivity index is 3.30. The SMILES string of the molecule is CCCCCCC/C=C/C/C=C/CCCCC(C)C(=O)[O-]. The Morgan fingerprint density at radius 2 is 1.48 bits per heavy atom.